The van der Waals surface area contributed by atoms with Gasteiger partial charge in [0.25, 0.3) is 0 Å². The fourth-order valence-corrected chi connectivity index (χ4v) is 3.36. The molecule has 19 heavy (non-hydrogen) atoms. The third kappa shape index (κ3) is 4.50. The van der Waals surface area contributed by atoms with Gasteiger partial charge in [0, 0.05) is 12.6 Å². The number of halogens is 1. The fourth-order valence-electron chi connectivity index (χ4n) is 2.77. The molecule has 2 rings (SSSR count). The van der Waals surface area contributed by atoms with Crippen LogP contribution >= 0.6 is 15.9 Å². The lowest BCUT2D eigenvalue weighted by atomic mass is 10.0. The summed E-state index contributed by atoms with van der Waals surface area (Å²) in [6.45, 7) is 3.32. The van der Waals surface area contributed by atoms with E-state index in [-0.39, 0.29) is 0 Å². The van der Waals surface area contributed by atoms with Crippen molar-refractivity contribution >= 4 is 15.9 Å². The van der Waals surface area contributed by atoms with E-state index in [4.69, 9.17) is 4.74 Å². The Morgan fingerprint density at radius 3 is 2.84 bits per heavy atom. The van der Waals surface area contributed by atoms with E-state index in [0.29, 0.717) is 6.04 Å². The molecule has 1 aliphatic rings. The van der Waals surface area contributed by atoms with Crippen LogP contribution in [0.25, 0.3) is 0 Å². The van der Waals surface area contributed by atoms with Gasteiger partial charge in [0.1, 0.15) is 5.75 Å². The number of nitrogens with one attached hydrogen (secondary N) is 1. The first-order chi connectivity index (χ1) is 9.19. The molecule has 2 unspecified atom stereocenters. The first-order valence-corrected chi connectivity index (χ1v) is 8.04. The lowest BCUT2D eigenvalue weighted by Crippen LogP contribution is -2.27. The van der Waals surface area contributed by atoms with Crippen LogP contribution < -0.4 is 10.1 Å². The van der Waals surface area contributed by atoms with Crippen molar-refractivity contribution in [2.24, 2.45) is 5.92 Å². The van der Waals surface area contributed by atoms with Crippen molar-refractivity contribution in [3.63, 3.8) is 0 Å². The minimum Gasteiger partial charge on any atom is -0.496 e. The molecule has 0 spiro atoms. The third-order valence-electron chi connectivity index (χ3n) is 4.07. The van der Waals surface area contributed by atoms with Crippen molar-refractivity contribution in [3.05, 3.63) is 28.2 Å². The number of methoxy groups -OCH3 is 1. The number of ether oxygens (including phenoxy) is 1. The van der Waals surface area contributed by atoms with Gasteiger partial charge >= 0.3 is 0 Å². The van der Waals surface area contributed by atoms with Gasteiger partial charge in [-0.3, -0.25) is 0 Å². The maximum Gasteiger partial charge on any atom is 0.133 e. The van der Waals surface area contributed by atoms with Crippen LogP contribution in [-0.4, -0.2) is 13.2 Å². The molecule has 1 N–H and O–H groups in total. The molecule has 0 heterocycles. The maximum atomic E-state index is 5.26. The summed E-state index contributed by atoms with van der Waals surface area (Å²) in [5.74, 6) is 1.80. The zero-order chi connectivity index (χ0) is 13.7. The predicted molar refractivity (Wildman–Crippen MR) is 83.6 cm³/mol. The van der Waals surface area contributed by atoms with Crippen molar-refractivity contribution in [3.8, 4) is 5.75 Å². The highest BCUT2D eigenvalue weighted by molar-refractivity contribution is 9.10. The van der Waals surface area contributed by atoms with Gasteiger partial charge < -0.3 is 10.1 Å². The van der Waals surface area contributed by atoms with Gasteiger partial charge in [0.15, 0.2) is 0 Å². The summed E-state index contributed by atoms with van der Waals surface area (Å²) < 4.78 is 6.29. The van der Waals surface area contributed by atoms with Crippen LogP contribution in [0.15, 0.2) is 22.7 Å². The molecule has 1 aliphatic carbocycles. The molecule has 1 aromatic rings. The SMILES string of the molecule is COc1ccc(CNC2CCCC(C)CC2)cc1Br. The Bertz CT molecular complexity index is 408. The van der Waals surface area contributed by atoms with Crippen LogP contribution in [0, 0.1) is 5.92 Å². The molecule has 0 aromatic heterocycles. The Labute approximate surface area is 125 Å². The van der Waals surface area contributed by atoms with E-state index < -0.39 is 0 Å². The van der Waals surface area contributed by atoms with E-state index >= 15 is 0 Å². The Hall–Kier alpha value is -0.540. The summed E-state index contributed by atoms with van der Waals surface area (Å²) in [4.78, 5) is 0. The summed E-state index contributed by atoms with van der Waals surface area (Å²) in [7, 11) is 1.70. The molecule has 3 heteroatoms. The van der Waals surface area contributed by atoms with Crippen molar-refractivity contribution in [2.75, 3.05) is 7.11 Å². The smallest absolute Gasteiger partial charge is 0.133 e. The minimum absolute atomic E-state index is 0.686. The van der Waals surface area contributed by atoms with E-state index in [2.05, 4.69) is 40.3 Å². The van der Waals surface area contributed by atoms with E-state index in [1.165, 1.54) is 37.7 Å². The average Bonchev–Trinajstić information content (AvgIpc) is 2.61. The summed E-state index contributed by atoms with van der Waals surface area (Å²) in [6, 6.07) is 6.99. The van der Waals surface area contributed by atoms with Crippen LogP contribution in [0.5, 0.6) is 5.75 Å². The first-order valence-electron chi connectivity index (χ1n) is 7.25. The molecule has 1 saturated carbocycles. The van der Waals surface area contributed by atoms with E-state index in [9.17, 15) is 0 Å². The van der Waals surface area contributed by atoms with Crippen molar-refractivity contribution in [1.82, 2.24) is 5.32 Å². The molecule has 2 atom stereocenters. The molecule has 1 aromatic carbocycles. The van der Waals surface area contributed by atoms with Crippen molar-refractivity contribution in [1.29, 1.82) is 0 Å². The van der Waals surface area contributed by atoms with Crippen LogP contribution in [-0.2, 0) is 6.54 Å². The van der Waals surface area contributed by atoms with Gasteiger partial charge in [-0.15, -0.1) is 0 Å². The molecule has 0 saturated heterocycles. The highest BCUT2D eigenvalue weighted by atomic mass is 79.9. The summed E-state index contributed by atoms with van der Waals surface area (Å²) in [5.41, 5.74) is 1.31. The lowest BCUT2D eigenvalue weighted by Gasteiger charge is -2.17. The van der Waals surface area contributed by atoms with Crippen molar-refractivity contribution < 1.29 is 4.74 Å². The Morgan fingerprint density at radius 1 is 1.26 bits per heavy atom. The Kier molecular flexibility index (Phi) is 5.71. The number of hydrogen-bond acceptors (Lipinski definition) is 2. The number of benzene rings is 1. The topological polar surface area (TPSA) is 21.3 Å². The Morgan fingerprint density at radius 2 is 2.11 bits per heavy atom. The zero-order valence-corrected chi connectivity index (χ0v) is 13.5. The minimum atomic E-state index is 0.686. The van der Waals surface area contributed by atoms with Gasteiger partial charge in [-0.25, -0.2) is 0 Å². The van der Waals surface area contributed by atoms with Gasteiger partial charge in [-0.1, -0.05) is 25.8 Å². The average molecular weight is 326 g/mol. The van der Waals surface area contributed by atoms with Crippen molar-refractivity contribution in [2.45, 2.75) is 51.6 Å². The zero-order valence-electron chi connectivity index (χ0n) is 11.9. The third-order valence-corrected chi connectivity index (χ3v) is 4.69. The van der Waals surface area contributed by atoms with E-state index in [1.807, 2.05) is 6.07 Å². The maximum absolute atomic E-state index is 5.26. The first kappa shape index (κ1) is 14.9. The highest BCUT2D eigenvalue weighted by Gasteiger charge is 2.15. The van der Waals surface area contributed by atoms with Crippen LogP contribution in [0.4, 0.5) is 0 Å². The standard InChI is InChI=1S/C16H24BrNO/c1-12-4-3-5-14(8-6-12)18-11-13-7-9-16(19-2)15(17)10-13/h7,9-10,12,14,18H,3-6,8,11H2,1-2H3. The number of rotatable bonds is 4. The summed E-state index contributed by atoms with van der Waals surface area (Å²) in [6.07, 6.45) is 6.77. The van der Waals surface area contributed by atoms with E-state index in [0.717, 1.165) is 22.7 Å². The lowest BCUT2D eigenvalue weighted by molar-refractivity contribution is 0.411. The molecule has 0 radical (unpaired) electrons. The second kappa shape index (κ2) is 7.30. The molecule has 2 nitrogen and oxygen atoms in total. The largest absolute Gasteiger partial charge is 0.496 e. The molecule has 0 amide bonds. The van der Waals surface area contributed by atoms with Gasteiger partial charge in [-0.05, 0) is 58.8 Å². The molecule has 1 fully saturated rings. The van der Waals surface area contributed by atoms with Crippen LogP contribution in [0.3, 0.4) is 0 Å². The van der Waals surface area contributed by atoms with Gasteiger partial charge in [0.2, 0.25) is 0 Å². The Balaban J connectivity index is 1.86. The van der Waals surface area contributed by atoms with Crippen LogP contribution in [0.1, 0.15) is 44.6 Å². The van der Waals surface area contributed by atoms with Crippen LogP contribution in [0.2, 0.25) is 0 Å². The summed E-state index contributed by atoms with van der Waals surface area (Å²) >= 11 is 3.54. The number of hydrogen-bond donors (Lipinski definition) is 1. The highest BCUT2D eigenvalue weighted by Crippen LogP contribution is 2.26. The molecule has 106 valence electrons. The second-order valence-corrected chi connectivity index (χ2v) is 6.51. The monoisotopic (exact) mass is 325 g/mol. The normalized spacial score (nSPS) is 23.9. The quantitative estimate of drug-likeness (QED) is 0.822. The van der Waals surface area contributed by atoms with Gasteiger partial charge in [-0.2, -0.15) is 0 Å². The molecule has 0 bridgehead atoms. The molecule has 0 aliphatic heterocycles. The second-order valence-electron chi connectivity index (χ2n) is 5.66. The van der Waals surface area contributed by atoms with E-state index in [1.54, 1.807) is 7.11 Å². The summed E-state index contributed by atoms with van der Waals surface area (Å²) in [5, 5.41) is 3.70. The molecular weight excluding hydrogens is 302 g/mol. The molecular formula is C16H24BrNO. The van der Waals surface area contributed by atoms with Gasteiger partial charge in [0.05, 0.1) is 11.6 Å². The fraction of sp³-hybridized carbons (Fsp3) is 0.625. The predicted octanol–water partition coefficient (Wildman–Crippen LogP) is 4.52.